The summed E-state index contributed by atoms with van der Waals surface area (Å²) in [7, 11) is 1.64. The maximum absolute atomic E-state index is 11.8. The van der Waals surface area contributed by atoms with Crippen LogP contribution in [-0.2, 0) is 0 Å². The Morgan fingerprint density at radius 1 is 1.12 bits per heavy atom. The predicted octanol–water partition coefficient (Wildman–Crippen LogP) is 3.84. The summed E-state index contributed by atoms with van der Waals surface area (Å²) in [6.45, 7) is 2.16. The maximum atomic E-state index is 11.8. The van der Waals surface area contributed by atoms with Crippen molar-refractivity contribution in [3.05, 3.63) is 54.1 Å². The first-order valence-corrected chi connectivity index (χ1v) is 8.84. The molecule has 0 bridgehead atoms. The van der Waals surface area contributed by atoms with Crippen LogP contribution >= 0.6 is 0 Å². The van der Waals surface area contributed by atoms with Crippen LogP contribution in [0, 0.1) is 0 Å². The van der Waals surface area contributed by atoms with Crippen LogP contribution in [0.1, 0.15) is 24.8 Å². The molecule has 6 heteroatoms. The summed E-state index contributed by atoms with van der Waals surface area (Å²) < 4.78 is 5.48. The fourth-order valence-electron chi connectivity index (χ4n) is 3.00. The van der Waals surface area contributed by atoms with Crippen molar-refractivity contribution in [2.75, 3.05) is 30.4 Å². The zero-order valence-corrected chi connectivity index (χ0v) is 14.9. The Morgan fingerprint density at radius 2 is 1.88 bits per heavy atom. The van der Waals surface area contributed by atoms with Crippen molar-refractivity contribution in [2.45, 2.75) is 19.3 Å². The lowest BCUT2D eigenvalue weighted by Gasteiger charge is -2.29. The van der Waals surface area contributed by atoms with Gasteiger partial charge < -0.3 is 15.0 Å². The van der Waals surface area contributed by atoms with Gasteiger partial charge in [-0.15, -0.1) is 0 Å². The van der Waals surface area contributed by atoms with E-state index in [0.29, 0.717) is 5.69 Å². The molecule has 1 fully saturated rings. The van der Waals surface area contributed by atoms with Crippen molar-refractivity contribution in [1.82, 2.24) is 5.43 Å². The van der Waals surface area contributed by atoms with E-state index in [1.165, 1.54) is 19.3 Å². The lowest BCUT2D eigenvalue weighted by molar-refractivity contribution is 0.252. The number of nitrogens with zero attached hydrogens (tertiary/aromatic N) is 2. The number of hydrogen-bond acceptors (Lipinski definition) is 4. The molecule has 0 spiro atoms. The SMILES string of the molecule is COc1cc(N2CCCCC2)ccc1/C=N/NC(=O)Nc1ccccc1. The number of nitrogens with one attached hydrogen (secondary N) is 2. The van der Waals surface area contributed by atoms with Crippen LogP contribution < -0.4 is 20.4 Å². The maximum Gasteiger partial charge on any atom is 0.339 e. The van der Waals surface area contributed by atoms with Gasteiger partial charge >= 0.3 is 6.03 Å². The van der Waals surface area contributed by atoms with Gasteiger partial charge in [-0.1, -0.05) is 18.2 Å². The van der Waals surface area contributed by atoms with Gasteiger partial charge in [0.25, 0.3) is 0 Å². The van der Waals surface area contributed by atoms with Gasteiger partial charge in [0, 0.05) is 36.1 Å². The van der Waals surface area contributed by atoms with Gasteiger partial charge in [0.05, 0.1) is 13.3 Å². The monoisotopic (exact) mass is 352 g/mol. The Hall–Kier alpha value is -3.02. The number of ether oxygens (including phenoxy) is 1. The average molecular weight is 352 g/mol. The highest BCUT2D eigenvalue weighted by molar-refractivity contribution is 5.91. The largest absolute Gasteiger partial charge is 0.496 e. The van der Waals surface area contributed by atoms with Crippen molar-refractivity contribution in [3.63, 3.8) is 0 Å². The number of para-hydroxylation sites is 1. The summed E-state index contributed by atoms with van der Waals surface area (Å²) in [6, 6.07) is 14.9. The molecule has 0 aliphatic carbocycles. The Bertz CT molecular complexity index is 756. The third-order valence-electron chi connectivity index (χ3n) is 4.34. The summed E-state index contributed by atoms with van der Waals surface area (Å²) in [5, 5.41) is 6.72. The molecule has 2 aromatic rings. The van der Waals surface area contributed by atoms with Gasteiger partial charge in [0.2, 0.25) is 0 Å². The third kappa shape index (κ3) is 4.75. The van der Waals surface area contributed by atoms with E-state index in [1.807, 2.05) is 42.5 Å². The Labute approximate surface area is 153 Å². The molecule has 0 saturated carbocycles. The molecule has 6 nitrogen and oxygen atoms in total. The molecule has 1 saturated heterocycles. The molecular formula is C20H24N4O2. The lowest BCUT2D eigenvalue weighted by atomic mass is 10.1. The molecule has 1 heterocycles. The van der Waals surface area contributed by atoms with Gasteiger partial charge in [0.1, 0.15) is 5.75 Å². The number of anilines is 2. The number of rotatable bonds is 5. The highest BCUT2D eigenvalue weighted by Crippen LogP contribution is 2.26. The van der Waals surface area contributed by atoms with Crippen molar-refractivity contribution < 1.29 is 9.53 Å². The first kappa shape index (κ1) is 17.8. The van der Waals surface area contributed by atoms with Gasteiger partial charge in [-0.3, -0.25) is 0 Å². The molecule has 0 radical (unpaired) electrons. The fraction of sp³-hybridized carbons (Fsp3) is 0.300. The molecule has 1 aliphatic rings. The molecule has 26 heavy (non-hydrogen) atoms. The van der Waals surface area contributed by atoms with Crippen LogP contribution in [0.2, 0.25) is 0 Å². The topological polar surface area (TPSA) is 66.0 Å². The first-order chi connectivity index (χ1) is 12.8. The van der Waals surface area contributed by atoms with E-state index in [2.05, 4.69) is 26.8 Å². The number of urea groups is 1. The van der Waals surface area contributed by atoms with E-state index in [-0.39, 0.29) is 0 Å². The van der Waals surface area contributed by atoms with E-state index in [0.717, 1.165) is 30.1 Å². The summed E-state index contributed by atoms with van der Waals surface area (Å²) >= 11 is 0. The number of hydrazone groups is 1. The number of carbonyl (C=O) groups is 1. The summed E-state index contributed by atoms with van der Waals surface area (Å²) in [6.07, 6.45) is 5.34. The summed E-state index contributed by atoms with van der Waals surface area (Å²) in [4.78, 5) is 14.2. The number of methoxy groups -OCH3 is 1. The van der Waals surface area contributed by atoms with Gasteiger partial charge in [-0.2, -0.15) is 5.10 Å². The molecule has 3 rings (SSSR count). The van der Waals surface area contributed by atoms with Crippen molar-refractivity contribution in [2.24, 2.45) is 5.10 Å². The highest BCUT2D eigenvalue weighted by Gasteiger charge is 2.12. The highest BCUT2D eigenvalue weighted by atomic mass is 16.5. The van der Waals surface area contributed by atoms with Crippen LogP contribution in [-0.4, -0.2) is 32.4 Å². The molecule has 2 N–H and O–H groups in total. The minimum absolute atomic E-state index is 0.392. The number of carbonyl (C=O) groups excluding carboxylic acids is 1. The number of benzene rings is 2. The normalized spacial score (nSPS) is 14.3. The van der Waals surface area contributed by atoms with Crippen molar-refractivity contribution in [1.29, 1.82) is 0 Å². The zero-order chi connectivity index (χ0) is 18.2. The second-order valence-corrected chi connectivity index (χ2v) is 6.16. The predicted molar refractivity (Wildman–Crippen MR) is 105 cm³/mol. The van der Waals surface area contributed by atoms with Gasteiger partial charge in [0.15, 0.2) is 0 Å². The van der Waals surface area contributed by atoms with E-state index in [4.69, 9.17) is 4.74 Å². The molecular weight excluding hydrogens is 328 g/mol. The van der Waals surface area contributed by atoms with Crippen LogP contribution in [0.5, 0.6) is 5.75 Å². The second-order valence-electron chi connectivity index (χ2n) is 6.16. The van der Waals surface area contributed by atoms with E-state index < -0.39 is 6.03 Å². The van der Waals surface area contributed by atoms with E-state index >= 15 is 0 Å². The first-order valence-electron chi connectivity index (χ1n) is 8.84. The minimum atomic E-state index is -0.392. The summed E-state index contributed by atoms with van der Waals surface area (Å²) in [5.74, 6) is 0.738. The lowest BCUT2D eigenvalue weighted by Crippen LogP contribution is -2.29. The smallest absolute Gasteiger partial charge is 0.339 e. The molecule has 0 atom stereocenters. The zero-order valence-electron chi connectivity index (χ0n) is 14.9. The van der Waals surface area contributed by atoms with E-state index in [9.17, 15) is 4.79 Å². The molecule has 0 unspecified atom stereocenters. The molecule has 0 aromatic heterocycles. The van der Waals surface area contributed by atoms with Crippen molar-refractivity contribution >= 4 is 23.6 Å². The quantitative estimate of drug-likeness (QED) is 0.635. The average Bonchev–Trinajstić information content (AvgIpc) is 2.69. The molecule has 1 aliphatic heterocycles. The Morgan fingerprint density at radius 3 is 2.62 bits per heavy atom. The molecule has 2 aromatic carbocycles. The summed E-state index contributed by atoms with van der Waals surface area (Å²) in [5.41, 5.74) is 5.15. The van der Waals surface area contributed by atoms with Crippen molar-refractivity contribution in [3.8, 4) is 5.75 Å². The Kier molecular flexibility index (Phi) is 6.09. The molecule has 2 amide bonds. The second kappa shape index (κ2) is 8.89. The van der Waals surface area contributed by atoms with E-state index in [1.54, 1.807) is 13.3 Å². The Balaban J connectivity index is 1.61. The number of amides is 2. The van der Waals surface area contributed by atoms with Crippen LogP contribution in [0.25, 0.3) is 0 Å². The fourth-order valence-corrected chi connectivity index (χ4v) is 3.00. The third-order valence-corrected chi connectivity index (χ3v) is 4.34. The van der Waals surface area contributed by atoms with Crippen LogP contribution in [0.3, 0.4) is 0 Å². The van der Waals surface area contributed by atoms with Crippen LogP contribution in [0.15, 0.2) is 53.6 Å². The minimum Gasteiger partial charge on any atom is -0.496 e. The standard InChI is InChI=1S/C20H24N4O2/c1-26-19-14-18(24-12-6-3-7-13-24)11-10-16(19)15-21-23-20(25)22-17-8-4-2-5-9-17/h2,4-5,8-11,14-15H,3,6-7,12-13H2,1H3,(H2,22,23,25)/b21-15+. The number of piperidine rings is 1. The van der Waals surface area contributed by atoms with Crippen LogP contribution in [0.4, 0.5) is 16.2 Å². The van der Waals surface area contributed by atoms with Gasteiger partial charge in [-0.05, 0) is 43.5 Å². The number of hydrogen-bond donors (Lipinski definition) is 2. The molecule has 136 valence electrons. The van der Waals surface area contributed by atoms with Gasteiger partial charge in [-0.25, -0.2) is 10.2 Å².